The first-order valence-corrected chi connectivity index (χ1v) is 8.36. The number of benzene rings is 1. The number of rotatable bonds is 3. The minimum Gasteiger partial charge on any atom is -0.316 e. The third kappa shape index (κ3) is 2.61. The van der Waals surface area contributed by atoms with E-state index >= 15 is 0 Å². The molecule has 1 atom stereocenters. The topological polar surface area (TPSA) is 65.7 Å². The van der Waals surface area contributed by atoms with Crippen LogP contribution in [0.3, 0.4) is 0 Å². The highest BCUT2D eigenvalue weighted by molar-refractivity contribution is 9.09. The predicted octanol–water partition coefficient (Wildman–Crippen LogP) is 3.32. The minimum absolute atomic E-state index is 0.0762. The van der Waals surface area contributed by atoms with Crippen molar-refractivity contribution in [3.05, 3.63) is 66.4 Å². The van der Waals surface area contributed by atoms with Crippen LogP contribution in [0, 0.1) is 0 Å². The lowest BCUT2D eigenvalue weighted by molar-refractivity contribution is 1.09. The standard InChI is InChI=1S/C15H13BrN2O2S/c1-2-8-5-6-21-13(8)12(16)9-3-4-10-11(7-9)18-15(20)14(19)17-10/h3-7,12H,2H2,1H3,(H,17,19)(H,18,20). The molecule has 0 amide bonds. The number of alkyl halides is 1. The fraction of sp³-hybridized carbons (Fsp3) is 0.200. The van der Waals surface area contributed by atoms with Crippen LogP contribution in [-0.2, 0) is 6.42 Å². The molecule has 0 spiro atoms. The van der Waals surface area contributed by atoms with E-state index in [1.807, 2.05) is 18.2 Å². The molecule has 0 aliphatic heterocycles. The van der Waals surface area contributed by atoms with Gasteiger partial charge in [0.2, 0.25) is 0 Å². The summed E-state index contributed by atoms with van der Waals surface area (Å²) in [6.07, 6.45) is 0.985. The maximum absolute atomic E-state index is 11.4. The van der Waals surface area contributed by atoms with E-state index in [4.69, 9.17) is 0 Å². The van der Waals surface area contributed by atoms with E-state index in [0.29, 0.717) is 11.0 Å². The molecule has 3 rings (SSSR count). The first-order chi connectivity index (χ1) is 10.1. The van der Waals surface area contributed by atoms with Crippen molar-refractivity contribution in [1.82, 2.24) is 9.97 Å². The quantitative estimate of drug-likeness (QED) is 0.552. The van der Waals surface area contributed by atoms with E-state index in [-0.39, 0.29) is 4.83 Å². The van der Waals surface area contributed by atoms with Crippen LogP contribution in [0.15, 0.2) is 39.2 Å². The number of aromatic amines is 2. The number of hydrogen-bond donors (Lipinski definition) is 2. The Morgan fingerprint density at radius 2 is 1.86 bits per heavy atom. The fourth-order valence-electron chi connectivity index (χ4n) is 2.30. The van der Waals surface area contributed by atoms with Crippen molar-refractivity contribution in [2.24, 2.45) is 0 Å². The van der Waals surface area contributed by atoms with Gasteiger partial charge in [0.25, 0.3) is 0 Å². The second-order valence-electron chi connectivity index (χ2n) is 4.74. The third-order valence-electron chi connectivity index (χ3n) is 3.43. The summed E-state index contributed by atoms with van der Waals surface area (Å²) in [4.78, 5) is 29.3. The SMILES string of the molecule is CCc1ccsc1C(Br)c1ccc2[nH]c(=O)c(=O)[nH]c2c1. The smallest absolute Gasteiger partial charge is 0.314 e. The molecule has 2 aromatic heterocycles. The second kappa shape index (κ2) is 5.61. The van der Waals surface area contributed by atoms with Gasteiger partial charge in [-0.15, -0.1) is 11.3 Å². The normalized spacial score (nSPS) is 12.7. The Kier molecular flexibility index (Phi) is 3.82. The zero-order chi connectivity index (χ0) is 15.0. The first-order valence-electron chi connectivity index (χ1n) is 6.56. The highest BCUT2D eigenvalue weighted by Crippen LogP contribution is 2.37. The molecule has 0 saturated heterocycles. The second-order valence-corrected chi connectivity index (χ2v) is 6.60. The zero-order valence-corrected chi connectivity index (χ0v) is 13.7. The zero-order valence-electron chi connectivity index (χ0n) is 11.3. The molecule has 3 aromatic rings. The highest BCUT2D eigenvalue weighted by atomic mass is 79.9. The molecule has 21 heavy (non-hydrogen) atoms. The maximum Gasteiger partial charge on any atom is 0.314 e. The summed E-state index contributed by atoms with van der Waals surface area (Å²) >= 11 is 5.44. The van der Waals surface area contributed by atoms with Gasteiger partial charge in [0.1, 0.15) is 0 Å². The number of nitrogens with one attached hydrogen (secondary N) is 2. The maximum atomic E-state index is 11.4. The Bertz CT molecular complexity index is 910. The molecule has 0 radical (unpaired) electrons. The van der Waals surface area contributed by atoms with Crippen LogP contribution in [0.1, 0.15) is 27.8 Å². The van der Waals surface area contributed by atoms with Crippen LogP contribution >= 0.6 is 27.3 Å². The Hall–Kier alpha value is -1.66. The molecular weight excluding hydrogens is 352 g/mol. The van der Waals surface area contributed by atoms with Gasteiger partial charge in [-0.3, -0.25) is 9.59 Å². The lowest BCUT2D eigenvalue weighted by atomic mass is 10.1. The van der Waals surface area contributed by atoms with Crippen LogP contribution in [0.4, 0.5) is 0 Å². The number of hydrogen-bond acceptors (Lipinski definition) is 3. The van der Waals surface area contributed by atoms with Crippen LogP contribution in [-0.4, -0.2) is 9.97 Å². The van der Waals surface area contributed by atoms with Gasteiger partial charge in [-0.1, -0.05) is 28.9 Å². The third-order valence-corrected chi connectivity index (χ3v) is 5.74. The summed E-state index contributed by atoms with van der Waals surface area (Å²) in [6, 6.07) is 7.80. The van der Waals surface area contributed by atoms with E-state index in [1.54, 1.807) is 11.3 Å². The summed E-state index contributed by atoms with van der Waals surface area (Å²) in [6.45, 7) is 2.13. The van der Waals surface area contributed by atoms with Crippen LogP contribution in [0.25, 0.3) is 11.0 Å². The Morgan fingerprint density at radius 1 is 1.14 bits per heavy atom. The van der Waals surface area contributed by atoms with Gasteiger partial charge in [-0.05, 0) is 41.1 Å². The molecule has 2 N–H and O–H groups in total. The van der Waals surface area contributed by atoms with Crippen molar-refractivity contribution < 1.29 is 0 Å². The molecule has 4 nitrogen and oxygen atoms in total. The first kappa shape index (κ1) is 14.3. The number of thiophene rings is 1. The van der Waals surface area contributed by atoms with Crippen LogP contribution < -0.4 is 11.1 Å². The summed E-state index contributed by atoms with van der Waals surface area (Å²) in [5.74, 6) is 0. The number of fused-ring (bicyclic) bond motifs is 1. The molecule has 1 unspecified atom stereocenters. The predicted molar refractivity (Wildman–Crippen MR) is 89.7 cm³/mol. The highest BCUT2D eigenvalue weighted by Gasteiger charge is 2.16. The lowest BCUT2D eigenvalue weighted by Gasteiger charge is -2.11. The molecule has 108 valence electrons. The molecule has 0 aliphatic carbocycles. The monoisotopic (exact) mass is 364 g/mol. The van der Waals surface area contributed by atoms with E-state index < -0.39 is 11.1 Å². The van der Waals surface area contributed by atoms with E-state index in [1.165, 1.54) is 10.4 Å². The van der Waals surface area contributed by atoms with Gasteiger partial charge >= 0.3 is 11.1 Å². The molecular formula is C15H13BrN2O2S. The summed E-state index contributed by atoms with van der Waals surface area (Å²) in [7, 11) is 0. The number of aryl methyl sites for hydroxylation is 1. The Morgan fingerprint density at radius 3 is 2.57 bits per heavy atom. The van der Waals surface area contributed by atoms with Crippen LogP contribution in [0.5, 0.6) is 0 Å². The van der Waals surface area contributed by atoms with Gasteiger partial charge < -0.3 is 9.97 Å². The summed E-state index contributed by atoms with van der Waals surface area (Å²) in [5.41, 5.74) is 2.37. The number of aromatic nitrogens is 2. The van der Waals surface area contributed by atoms with E-state index in [2.05, 4.69) is 44.3 Å². The van der Waals surface area contributed by atoms with E-state index in [0.717, 1.165) is 12.0 Å². The molecule has 2 heterocycles. The molecule has 0 bridgehead atoms. The van der Waals surface area contributed by atoms with Crippen LogP contribution in [0.2, 0.25) is 0 Å². The summed E-state index contributed by atoms with van der Waals surface area (Å²) in [5, 5.41) is 2.09. The minimum atomic E-state index is -0.629. The van der Waals surface area contributed by atoms with Gasteiger partial charge in [0, 0.05) is 4.88 Å². The number of halogens is 1. The largest absolute Gasteiger partial charge is 0.316 e. The van der Waals surface area contributed by atoms with Crippen molar-refractivity contribution >= 4 is 38.3 Å². The van der Waals surface area contributed by atoms with Gasteiger partial charge in [0.15, 0.2) is 0 Å². The fourth-order valence-corrected chi connectivity index (χ4v) is 4.20. The van der Waals surface area contributed by atoms with Gasteiger partial charge in [0.05, 0.1) is 15.9 Å². The van der Waals surface area contributed by atoms with Crippen molar-refractivity contribution in [2.75, 3.05) is 0 Å². The van der Waals surface area contributed by atoms with Crippen molar-refractivity contribution in [3.63, 3.8) is 0 Å². The molecule has 6 heteroatoms. The van der Waals surface area contributed by atoms with E-state index in [9.17, 15) is 9.59 Å². The van der Waals surface area contributed by atoms with Gasteiger partial charge in [-0.25, -0.2) is 0 Å². The summed E-state index contributed by atoms with van der Waals surface area (Å²) < 4.78 is 0. The van der Waals surface area contributed by atoms with Crippen molar-refractivity contribution in [1.29, 1.82) is 0 Å². The molecule has 1 aromatic carbocycles. The Balaban J connectivity index is 2.10. The van der Waals surface area contributed by atoms with Crippen molar-refractivity contribution in [2.45, 2.75) is 18.2 Å². The van der Waals surface area contributed by atoms with Gasteiger partial charge in [-0.2, -0.15) is 0 Å². The average molecular weight is 365 g/mol. The molecule has 0 saturated carbocycles. The number of H-pyrrole nitrogens is 2. The molecule has 0 aliphatic rings. The van der Waals surface area contributed by atoms with Crippen molar-refractivity contribution in [3.8, 4) is 0 Å². The molecule has 0 fully saturated rings. The average Bonchev–Trinajstić information content (AvgIpc) is 2.95. The Labute approximate surface area is 133 Å². The lowest BCUT2D eigenvalue weighted by Crippen LogP contribution is -2.28.